The van der Waals surface area contributed by atoms with E-state index >= 15 is 0 Å². The minimum absolute atomic E-state index is 0.455. The van der Waals surface area contributed by atoms with Gasteiger partial charge in [-0.3, -0.25) is 0 Å². The lowest BCUT2D eigenvalue weighted by atomic mass is 10.0. The van der Waals surface area contributed by atoms with Gasteiger partial charge in [0, 0.05) is 44.4 Å². The summed E-state index contributed by atoms with van der Waals surface area (Å²) in [4.78, 5) is 11.9. The van der Waals surface area contributed by atoms with Crippen LogP contribution in [0.25, 0.3) is 11.5 Å². The molecule has 0 saturated carbocycles. The number of guanidine groups is 1. The molecule has 1 aromatic carbocycles. The van der Waals surface area contributed by atoms with Gasteiger partial charge in [0.1, 0.15) is 12.0 Å². The first-order valence-corrected chi connectivity index (χ1v) is 11.1. The summed E-state index contributed by atoms with van der Waals surface area (Å²) in [5.41, 5.74) is 1.81. The predicted octanol–water partition coefficient (Wildman–Crippen LogP) is 2.90. The standard InChI is InChI=1S/C23H33N5O2/c1-2-24-23(25-14-21-17-30-22(26-21)19-6-4-3-5-7-19)27-20-8-11-28(12-9-20)15-18-10-13-29-16-18/h3-7,17-18,20H,2,8-16H2,1H3,(H2,24,25,27). The molecule has 0 radical (unpaired) electrons. The van der Waals surface area contributed by atoms with E-state index in [9.17, 15) is 0 Å². The summed E-state index contributed by atoms with van der Waals surface area (Å²) in [5, 5.41) is 6.97. The Balaban J connectivity index is 1.27. The van der Waals surface area contributed by atoms with Crippen molar-refractivity contribution in [2.45, 2.75) is 38.8 Å². The average Bonchev–Trinajstić information content (AvgIpc) is 3.46. The van der Waals surface area contributed by atoms with Crippen molar-refractivity contribution in [3.8, 4) is 11.5 Å². The predicted molar refractivity (Wildman–Crippen MR) is 118 cm³/mol. The number of nitrogens with one attached hydrogen (secondary N) is 2. The van der Waals surface area contributed by atoms with E-state index in [0.29, 0.717) is 18.5 Å². The zero-order valence-corrected chi connectivity index (χ0v) is 17.8. The van der Waals surface area contributed by atoms with Crippen LogP contribution in [-0.2, 0) is 11.3 Å². The molecule has 4 rings (SSSR count). The number of rotatable bonds is 7. The highest BCUT2D eigenvalue weighted by Gasteiger charge is 2.24. The van der Waals surface area contributed by atoms with E-state index in [4.69, 9.17) is 14.1 Å². The monoisotopic (exact) mass is 411 g/mol. The first-order chi connectivity index (χ1) is 14.8. The van der Waals surface area contributed by atoms with Crippen molar-refractivity contribution < 1.29 is 9.15 Å². The molecular formula is C23H33N5O2. The molecule has 7 heteroatoms. The van der Waals surface area contributed by atoms with Gasteiger partial charge in [-0.2, -0.15) is 0 Å². The van der Waals surface area contributed by atoms with Crippen LogP contribution < -0.4 is 10.6 Å². The van der Waals surface area contributed by atoms with Gasteiger partial charge in [-0.05, 0) is 44.2 Å². The Kier molecular flexibility index (Phi) is 7.37. The number of oxazole rings is 1. The molecule has 30 heavy (non-hydrogen) atoms. The van der Waals surface area contributed by atoms with Gasteiger partial charge in [-0.15, -0.1) is 0 Å². The minimum atomic E-state index is 0.455. The Morgan fingerprint density at radius 3 is 2.77 bits per heavy atom. The summed E-state index contributed by atoms with van der Waals surface area (Å²) in [6.45, 7) is 8.73. The normalized spacial score (nSPS) is 21.1. The van der Waals surface area contributed by atoms with E-state index < -0.39 is 0 Å². The van der Waals surface area contributed by atoms with Crippen LogP contribution in [0.3, 0.4) is 0 Å². The first-order valence-electron chi connectivity index (χ1n) is 11.1. The SMILES string of the molecule is CCNC(=NCc1coc(-c2ccccc2)n1)NC1CCN(CC2CCOC2)CC1. The number of likely N-dealkylation sites (tertiary alicyclic amines) is 1. The molecule has 7 nitrogen and oxygen atoms in total. The highest BCUT2D eigenvalue weighted by atomic mass is 16.5. The Bertz CT molecular complexity index is 793. The number of ether oxygens (including phenoxy) is 1. The third-order valence-corrected chi connectivity index (χ3v) is 5.78. The van der Waals surface area contributed by atoms with E-state index in [0.717, 1.165) is 68.8 Å². The molecule has 1 unspecified atom stereocenters. The Labute approximate surface area is 178 Å². The number of benzene rings is 1. The summed E-state index contributed by atoms with van der Waals surface area (Å²) < 4.78 is 11.1. The number of piperidine rings is 1. The molecule has 1 atom stereocenters. The molecule has 1 aromatic heterocycles. The zero-order chi connectivity index (χ0) is 20.6. The lowest BCUT2D eigenvalue weighted by Crippen LogP contribution is -2.49. The summed E-state index contributed by atoms with van der Waals surface area (Å²) in [7, 11) is 0. The summed E-state index contributed by atoms with van der Waals surface area (Å²) in [6.07, 6.45) is 5.18. The first kappa shape index (κ1) is 20.9. The van der Waals surface area contributed by atoms with Crippen molar-refractivity contribution in [2.75, 3.05) is 39.4 Å². The maximum absolute atomic E-state index is 5.62. The maximum Gasteiger partial charge on any atom is 0.226 e. The molecule has 0 aliphatic carbocycles. The maximum atomic E-state index is 5.62. The van der Waals surface area contributed by atoms with Gasteiger partial charge in [-0.1, -0.05) is 18.2 Å². The molecular weight excluding hydrogens is 378 g/mol. The molecule has 162 valence electrons. The van der Waals surface area contributed by atoms with Crippen LogP contribution in [0.5, 0.6) is 0 Å². The van der Waals surface area contributed by atoms with E-state index in [1.165, 1.54) is 13.0 Å². The number of hydrogen-bond acceptors (Lipinski definition) is 5. The second-order valence-electron chi connectivity index (χ2n) is 8.15. The second-order valence-corrected chi connectivity index (χ2v) is 8.15. The Morgan fingerprint density at radius 1 is 1.20 bits per heavy atom. The van der Waals surface area contributed by atoms with Crippen molar-refractivity contribution in [3.63, 3.8) is 0 Å². The minimum Gasteiger partial charge on any atom is -0.444 e. The molecule has 2 aliphatic heterocycles. The van der Waals surface area contributed by atoms with Crippen LogP contribution in [0.2, 0.25) is 0 Å². The molecule has 3 heterocycles. The van der Waals surface area contributed by atoms with Crippen molar-refractivity contribution in [2.24, 2.45) is 10.9 Å². The lowest BCUT2D eigenvalue weighted by molar-refractivity contribution is 0.150. The fourth-order valence-corrected chi connectivity index (χ4v) is 4.12. The van der Waals surface area contributed by atoms with Crippen molar-refractivity contribution in [1.29, 1.82) is 0 Å². The molecule has 2 aliphatic rings. The van der Waals surface area contributed by atoms with Gasteiger partial charge in [-0.25, -0.2) is 9.98 Å². The molecule has 2 aromatic rings. The van der Waals surface area contributed by atoms with Crippen molar-refractivity contribution >= 4 is 5.96 Å². The number of aliphatic imine (C=N–C) groups is 1. The van der Waals surface area contributed by atoms with Crippen molar-refractivity contribution in [3.05, 3.63) is 42.3 Å². The van der Waals surface area contributed by atoms with Gasteiger partial charge in [0.25, 0.3) is 0 Å². The molecule has 0 amide bonds. The highest BCUT2D eigenvalue weighted by Crippen LogP contribution is 2.19. The topological polar surface area (TPSA) is 74.9 Å². The lowest BCUT2D eigenvalue weighted by Gasteiger charge is -2.34. The molecule has 0 spiro atoms. The zero-order valence-electron chi connectivity index (χ0n) is 17.8. The smallest absolute Gasteiger partial charge is 0.226 e. The van der Waals surface area contributed by atoms with E-state index in [-0.39, 0.29) is 0 Å². The van der Waals surface area contributed by atoms with Crippen LogP contribution in [0.15, 0.2) is 46.0 Å². The third-order valence-electron chi connectivity index (χ3n) is 5.78. The third kappa shape index (κ3) is 5.83. The largest absolute Gasteiger partial charge is 0.444 e. The van der Waals surface area contributed by atoms with E-state index in [1.54, 1.807) is 6.26 Å². The van der Waals surface area contributed by atoms with E-state index in [2.05, 4.69) is 27.4 Å². The van der Waals surface area contributed by atoms with E-state index in [1.807, 2.05) is 30.3 Å². The Morgan fingerprint density at radius 2 is 2.03 bits per heavy atom. The molecule has 2 saturated heterocycles. The summed E-state index contributed by atoms with van der Waals surface area (Å²) in [6, 6.07) is 10.4. The van der Waals surface area contributed by atoms with Gasteiger partial charge < -0.3 is 24.7 Å². The van der Waals surface area contributed by atoms with Gasteiger partial charge in [0.15, 0.2) is 5.96 Å². The van der Waals surface area contributed by atoms with Crippen LogP contribution in [0.4, 0.5) is 0 Å². The molecule has 2 fully saturated rings. The fourth-order valence-electron chi connectivity index (χ4n) is 4.12. The number of hydrogen-bond donors (Lipinski definition) is 2. The Hall–Kier alpha value is -2.38. The number of aromatic nitrogens is 1. The van der Waals surface area contributed by atoms with Gasteiger partial charge >= 0.3 is 0 Å². The quantitative estimate of drug-likeness (QED) is 0.539. The van der Waals surface area contributed by atoms with Crippen LogP contribution in [-0.4, -0.2) is 61.3 Å². The summed E-state index contributed by atoms with van der Waals surface area (Å²) >= 11 is 0. The summed E-state index contributed by atoms with van der Waals surface area (Å²) in [5.74, 6) is 2.21. The van der Waals surface area contributed by atoms with Crippen molar-refractivity contribution in [1.82, 2.24) is 20.5 Å². The van der Waals surface area contributed by atoms with Gasteiger partial charge in [0.05, 0.1) is 13.2 Å². The average molecular weight is 412 g/mol. The fraction of sp³-hybridized carbons (Fsp3) is 0.565. The van der Waals surface area contributed by atoms with Crippen LogP contribution in [0, 0.1) is 5.92 Å². The highest BCUT2D eigenvalue weighted by molar-refractivity contribution is 5.80. The second kappa shape index (κ2) is 10.6. The van der Waals surface area contributed by atoms with Crippen LogP contribution in [0.1, 0.15) is 31.9 Å². The number of nitrogens with zero attached hydrogens (tertiary/aromatic N) is 3. The molecule has 2 N–H and O–H groups in total. The van der Waals surface area contributed by atoms with Gasteiger partial charge in [0.2, 0.25) is 5.89 Å². The molecule has 0 bridgehead atoms. The van der Waals surface area contributed by atoms with Crippen LogP contribution >= 0.6 is 0 Å².